The number of imidazole rings is 1. The number of nitrogens with two attached hydrogens (primary N) is 1. The Hall–Kier alpha value is -3.66. The number of anilines is 3. The maximum atomic E-state index is 6.01. The minimum Gasteiger partial charge on any atom is -0.366 e. The molecule has 0 amide bonds. The fourth-order valence-electron chi connectivity index (χ4n) is 3.62. The van der Waals surface area contributed by atoms with Crippen molar-refractivity contribution in [3.8, 4) is 11.3 Å². The van der Waals surface area contributed by atoms with E-state index in [-0.39, 0.29) is 0 Å². The smallest absolute Gasteiger partial charge is 0.228 e. The van der Waals surface area contributed by atoms with E-state index < -0.39 is 0 Å². The van der Waals surface area contributed by atoms with Gasteiger partial charge in [0, 0.05) is 42.4 Å². The standard InChI is InChI=1S/C20H22N10/c21-14-1-3-15(4-2-14)27-17-5-6-19-24-11-16(30(19)29-17)13-9-25-20(26-10-13)28-18-12-22-7-8-23-18/h5-12,14-15H,1-4,21H2,(H,27,29)(H,23,25,26,28). The van der Waals surface area contributed by atoms with Crippen molar-refractivity contribution in [2.24, 2.45) is 5.73 Å². The van der Waals surface area contributed by atoms with Crippen molar-refractivity contribution >= 4 is 23.2 Å². The van der Waals surface area contributed by atoms with Gasteiger partial charge < -0.3 is 16.4 Å². The minimum atomic E-state index is 0.324. The van der Waals surface area contributed by atoms with Gasteiger partial charge in [-0.25, -0.2) is 24.5 Å². The van der Waals surface area contributed by atoms with Crippen LogP contribution in [0.1, 0.15) is 25.7 Å². The molecular weight excluding hydrogens is 380 g/mol. The van der Waals surface area contributed by atoms with Gasteiger partial charge in [-0.3, -0.25) is 4.98 Å². The monoisotopic (exact) mass is 402 g/mol. The fraction of sp³-hybridized carbons (Fsp3) is 0.300. The molecule has 152 valence electrons. The highest BCUT2D eigenvalue weighted by Gasteiger charge is 2.19. The molecule has 0 unspecified atom stereocenters. The van der Waals surface area contributed by atoms with Gasteiger partial charge in [0.2, 0.25) is 5.95 Å². The van der Waals surface area contributed by atoms with Crippen LogP contribution in [-0.4, -0.2) is 46.6 Å². The summed E-state index contributed by atoms with van der Waals surface area (Å²) in [5.74, 6) is 1.85. The molecule has 0 radical (unpaired) electrons. The summed E-state index contributed by atoms with van der Waals surface area (Å²) in [7, 11) is 0. The first kappa shape index (κ1) is 18.4. The number of nitrogens with one attached hydrogen (secondary N) is 2. The van der Waals surface area contributed by atoms with Gasteiger partial charge in [-0.05, 0) is 37.8 Å². The van der Waals surface area contributed by atoms with Crippen LogP contribution in [0.3, 0.4) is 0 Å². The van der Waals surface area contributed by atoms with E-state index in [4.69, 9.17) is 10.8 Å². The number of rotatable bonds is 5. The van der Waals surface area contributed by atoms with Crippen LogP contribution in [0, 0.1) is 0 Å². The van der Waals surface area contributed by atoms with E-state index >= 15 is 0 Å². The van der Waals surface area contributed by atoms with Crippen LogP contribution in [0.2, 0.25) is 0 Å². The highest BCUT2D eigenvalue weighted by Crippen LogP contribution is 2.23. The summed E-state index contributed by atoms with van der Waals surface area (Å²) in [5.41, 5.74) is 8.42. The molecule has 4 aromatic rings. The SMILES string of the molecule is NC1CCC(Nc2ccc3ncc(-c4cnc(Nc5cnccn5)nc4)n3n2)CC1. The molecule has 30 heavy (non-hydrogen) atoms. The van der Waals surface area contributed by atoms with Gasteiger partial charge in [-0.2, -0.15) is 0 Å². The number of hydrogen-bond donors (Lipinski definition) is 3. The first-order chi connectivity index (χ1) is 14.7. The average Bonchev–Trinajstić information content (AvgIpc) is 3.20. The molecule has 1 fully saturated rings. The first-order valence-corrected chi connectivity index (χ1v) is 9.97. The quantitative estimate of drug-likeness (QED) is 0.460. The maximum absolute atomic E-state index is 6.01. The van der Waals surface area contributed by atoms with Crippen molar-refractivity contribution < 1.29 is 0 Å². The molecule has 1 aliphatic carbocycles. The molecule has 5 rings (SSSR count). The summed E-state index contributed by atoms with van der Waals surface area (Å²) >= 11 is 0. The normalized spacial score (nSPS) is 19.0. The molecule has 4 N–H and O–H groups in total. The summed E-state index contributed by atoms with van der Waals surface area (Å²) in [6.45, 7) is 0. The van der Waals surface area contributed by atoms with Gasteiger partial charge in [-0.15, -0.1) is 5.10 Å². The molecule has 10 heteroatoms. The van der Waals surface area contributed by atoms with Crippen molar-refractivity contribution in [3.63, 3.8) is 0 Å². The van der Waals surface area contributed by atoms with Crippen LogP contribution >= 0.6 is 0 Å². The minimum absolute atomic E-state index is 0.324. The van der Waals surface area contributed by atoms with Crippen molar-refractivity contribution in [3.05, 3.63) is 49.3 Å². The van der Waals surface area contributed by atoms with Gasteiger partial charge >= 0.3 is 0 Å². The van der Waals surface area contributed by atoms with E-state index in [9.17, 15) is 0 Å². The van der Waals surface area contributed by atoms with E-state index in [2.05, 4.69) is 35.6 Å². The zero-order chi connectivity index (χ0) is 20.3. The van der Waals surface area contributed by atoms with Crippen LogP contribution in [-0.2, 0) is 0 Å². The van der Waals surface area contributed by atoms with Crippen LogP contribution in [0.4, 0.5) is 17.6 Å². The van der Waals surface area contributed by atoms with Crippen molar-refractivity contribution in [2.45, 2.75) is 37.8 Å². The lowest BCUT2D eigenvalue weighted by Crippen LogP contribution is -2.33. The summed E-state index contributed by atoms with van der Waals surface area (Å²) in [5, 5.41) is 11.3. The first-order valence-electron chi connectivity index (χ1n) is 9.97. The Labute approximate surface area is 173 Å². The number of aromatic nitrogens is 7. The molecule has 4 heterocycles. The lowest BCUT2D eigenvalue weighted by atomic mass is 9.92. The van der Waals surface area contributed by atoms with E-state index in [1.165, 1.54) is 0 Å². The van der Waals surface area contributed by atoms with Crippen LogP contribution in [0.25, 0.3) is 16.9 Å². The number of nitrogens with zero attached hydrogens (tertiary/aromatic N) is 7. The van der Waals surface area contributed by atoms with Crippen molar-refractivity contribution in [1.29, 1.82) is 0 Å². The summed E-state index contributed by atoms with van der Waals surface area (Å²) in [4.78, 5) is 21.4. The predicted molar refractivity (Wildman–Crippen MR) is 113 cm³/mol. The van der Waals surface area contributed by atoms with E-state index in [1.807, 2.05) is 16.6 Å². The largest absolute Gasteiger partial charge is 0.366 e. The van der Waals surface area contributed by atoms with Gasteiger partial charge in [0.25, 0.3) is 0 Å². The van der Waals surface area contributed by atoms with Gasteiger partial charge in [0.05, 0.1) is 18.1 Å². The second-order valence-electron chi connectivity index (χ2n) is 7.40. The molecule has 0 aromatic carbocycles. The van der Waals surface area contributed by atoms with Crippen molar-refractivity contribution in [1.82, 2.24) is 34.5 Å². The predicted octanol–water partition coefficient (Wildman–Crippen LogP) is 2.40. The Balaban J connectivity index is 1.36. The summed E-state index contributed by atoms with van der Waals surface area (Å²) in [6.07, 6.45) is 14.3. The topological polar surface area (TPSA) is 132 Å². The second-order valence-corrected chi connectivity index (χ2v) is 7.40. The highest BCUT2D eigenvalue weighted by molar-refractivity contribution is 5.63. The van der Waals surface area contributed by atoms with Gasteiger partial charge in [0.1, 0.15) is 5.82 Å². The van der Waals surface area contributed by atoms with Crippen LogP contribution in [0.5, 0.6) is 0 Å². The third kappa shape index (κ3) is 3.90. The van der Waals surface area contributed by atoms with E-state index in [0.29, 0.717) is 23.8 Å². The van der Waals surface area contributed by atoms with Crippen molar-refractivity contribution in [2.75, 3.05) is 10.6 Å². The zero-order valence-corrected chi connectivity index (χ0v) is 16.3. The molecule has 1 aliphatic rings. The molecule has 1 saturated carbocycles. The fourth-order valence-corrected chi connectivity index (χ4v) is 3.62. The third-order valence-electron chi connectivity index (χ3n) is 5.24. The molecule has 0 spiro atoms. The molecular formula is C20H22N10. The number of hydrogen-bond acceptors (Lipinski definition) is 9. The van der Waals surface area contributed by atoms with E-state index in [1.54, 1.807) is 37.2 Å². The maximum Gasteiger partial charge on any atom is 0.228 e. The molecule has 4 aromatic heterocycles. The molecule has 0 aliphatic heterocycles. The molecule has 0 atom stereocenters. The number of fused-ring (bicyclic) bond motifs is 1. The Kier molecular flexibility index (Phi) is 4.89. The van der Waals surface area contributed by atoms with Gasteiger partial charge in [0.15, 0.2) is 11.5 Å². The summed E-state index contributed by atoms with van der Waals surface area (Å²) < 4.78 is 1.81. The Bertz CT molecular complexity index is 1120. The lowest BCUT2D eigenvalue weighted by Gasteiger charge is -2.27. The molecule has 10 nitrogen and oxygen atoms in total. The molecule has 0 saturated heterocycles. The average molecular weight is 402 g/mol. The Morgan fingerprint density at radius 2 is 1.70 bits per heavy atom. The van der Waals surface area contributed by atoms with Gasteiger partial charge in [-0.1, -0.05) is 0 Å². The Morgan fingerprint density at radius 1 is 0.867 bits per heavy atom. The molecule has 0 bridgehead atoms. The second kappa shape index (κ2) is 7.99. The lowest BCUT2D eigenvalue weighted by molar-refractivity contribution is 0.410. The summed E-state index contributed by atoms with van der Waals surface area (Å²) in [6, 6.07) is 4.64. The van der Waals surface area contributed by atoms with E-state index in [0.717, 1.165) is 48.4 Å². The van der Waals surface area contributed by atoms with Crippen LogP contribution in [0.15, 0.2) is 49.3 Å². The van der Waals surface area contributed by atoms with Crippen LogP contribution < -0.4 is 16.4 Å². The third-order valence-corrected chi connectivity index (χ3v) is 5.24. The Morgan fingerprint density at radius 3 is 2.47 bits per heavy atom. The zero-order valence-electron chi connectivity index (χ0n) is 16.3. The highest BCUT2D eigenvalue weighted by atomic mass is 15.3.